The van der Waals surface area contributed by atoms with Crippen molar-refractivity contribution in [3.8, 4) is 0 Å². The molecule has 0 atom stereocenters. The van der Waals surface area contributed by atoms with Crippen LogP contribution >= 0.6 is 11.6 Å². The number of rotatable bonds is 3. The van der Waals surface area contributed by atoms with Crippen LogP contribution in [0.1, 0.15) is 32.3 Å². The highest BCUT2D eigenvalue weighted by Gasteiger charge is 2.28. The van der Waals surface area contributed by atoms with Crippen molar-refractivity contribution < 1.29 is 9.59 Å². The van der Waals surface area contributed by atoms with E-state index in [1.165, 1.54) is 0 Å². The van der Waals surface area contributed by atoms with Gasteiger partial charge in [0.1, 0.15) is 0 Å². The van der Waals surface area contributed by atoms with Crippen molar-refractivity contribution in [2.24, 2.45) is 11.8 Å². The van der Waals surface area contributed by atoms with Gasteiger partial charge in [-0.1, -0.05) is 31.5 Å². The molecule has 1 heterocycles. The molecule has 1 aliphatic heterocycles. The summed E-state index contributed by atoms with van der Waals surface area (Å²) in [5.41, 5.74) is 1.75. The van der Waals surface area contributed by atoms with Gasteiger partial charge in [0.15, 0.2) is 0 Å². The van der Waals surface area contributed by atoms with Gasteiger partial charge in [0, 0.05) is 35.6 Å². The Hall–Kier alpha value is -1.55. The van der Waals surface area contributed by atoms with E-state index in [2.05, 4.69) is 5.32 Å². The number of anilines is 1. The van der Waals surface area contributed by atoms with Crippen LogP contribution in [0.4, 0.5) is 5.69 Å². The second-order valence-corrected chi connectivity index (χ2v) is 6.64. The number of benzene rings is 1. The first-order chi connectivity index (χ1) is 10.4. The highest BCUT2D eigenvalue weighted by molar-refractivity contribution is 6.31. The molecule has 1 aromatic rings. The number of carbonyl (C=O) groups excluding carboxylic acids is 2. The van der Waals surface area contributed by atoms with E-state index in [1.54, 1.807) is 6.07 Å². The molecule has 0 bridgehead atoms. The quantitative estimate of drug-likeness (QED) is 0.926. The summed E-state index contributed by atoms with van der Waals surface area (Å²) in [5.74, 6) is 0.153. The maximum Gasteiger partial charge on any atom is 0.227 e. The van der Waals surface area contributed by atoms with Crippen LogP contribution in [-0.4, -0.2) is 29.8 Å². The Labute approximate surface area is 136 Å². The van der Waals surface area contributed by atoms with Crippen molar-refractivity contribution >= 4 is 29.1 Å². The van der Waals surface area contributed by atoms with Crippen molar-refractivity contribution in [3.63, 3.8) is 0 Å². The number of nitrogens with one attached hydrogen (secondary N) is 1. The summed E-state index contributed by atoms with van der Waals surface area (Å²) in [7, 11) is 0. The molecule has 1 saturated heterocycles. The fourth-order valence-corrected chi connectivity index (χ4v) is 2.86. The Kier molecular flexibility index (Phi) is 5.46. The average molecular weight is 323 g/mol. The number of hydrogen-bond acceptors (Lipinski definition) is 2. The lowest BCUT2D eigenvalue weighted by Crippen LogP contribution is -2.43. The molecule has 5 heteroatoms. The summed E-state index contributed by atoms with van der Waals surface area (Å²) in [6.45, 7) is 7.06. The molecule has 0 radical (unpaired) electrons. The molecule has 1 fully saturated rings. The van der Waals surface area contributed by atoms with Crippen molar-refractivity contribution in [2.45, 2.75) is 33.6 Å². The smallest absolute Gasteiger partial charge is 0.227 e. The van der Waals surface area contributed by atoms with E-state index < -0.39 is 0 Å². The Morgan fingerprint density at radius 3 is 2.50 bits per heavy atom. The van der Waals surface area contributed by atoms with Crippen LogP contribution < -0.4 is 5.32 Å². The van der Waals surface area contributed by atoms with Crippen LogP contribution in [0.2, 0.25) is 5.02 Å². The molecular weight excluding hydrogens is 300 g/mol. The van der Waals surface area contributed by atoms with E-state index in [4.69, 9.17) is 11.6 Å². The Morgan fingerprint density at radius 1 is 1.27 bits per heavy atom. The molecule has 22 heavy (non-hydrogen) atoms. The molecule has 0 saturated carbocycles. The van der Waals surface area contributed by atoms with E-state index in [0.29, 0.717) is 31.0 Å². The van der Waals surface area contributed by atoms with Gasteiger partial charge in [-0.15, -0.1) is 0 Å². The summed E-state index contributed by atoms with van der Waals surface area (Å²) in [5, 5.41) is 3.57. The van der Waals surface area contributed by atoms with Crippen LogP contribution in [0.3, 0.4) is 0 Å². The first-order valence-corrected chi connectivity index (χ1v) is 8.12. The monoisotopic (exact) mass is 322 g/mol. The predicted octanol–water partition coefficient (Wildman–Crippen LogP) is 3.48. The van der Waals surface area contributed by atoms with Gasteiger partial charge < -0.3 is 10.2 Å². The number of hydrogen-bond donors (Lipinski definition) is 1. The van der Waals surface area contributed by atoms with Crippen LogP contribution in [0.15, 0.2) is 18.2 Å². The van der Waals surface area contributed by atoms with E-state index in [-0.39, 0.29) is 23.7 Å². The molecule has 1 aliphatic rings. The van der Waals surface area contributed by atoms with Gasteiger partial charge >= 0.3 is 0 Å². The minimum Gasteiger partial charge on any atom is -0.342 e. The largest absolute Gasteiger partial charge is 0.342 e. The van der Waals surface area contributed by atoms with Crippen LogP contribution in [0.25, 0.3) is 0 Å². The number of nitrogens with zero attached hydrogens (tertiary/aromatic N) is 1. The topological polar surface area (TPSA) is 49.4 Å². The second kappa shape index (κ2) is 7.14. The van der Waals surface area contributed by atoms with Crippen molar-refractivity contribution in [3.05, 3.63) is 28.8 Å². The number of amides is 2. The highest BCUT2D eigenvalue weighted by Crippen LogP contribution is 2.24. The molecule has 0 aromatic heterocycles. The fraction of sp³-hybridized carbons (Fsp3) is 0.529. The van der Waals surface area contributed by atoms with E-state index >= 15 is 0 Å². The number of likely N-dealkylation sites (tertiary alicyclic amines) is 1. The molecule has 2 amide bonds. The summed E-state index contributed by atoms with van der Waals surface area (Å²) in [6, 6.07) is 5.47. The average Bonchev–Trinajstić information content (AvgIpc) is 2.50. The third-order valence-corrected chi connectivity index (χ3v) is 4.36. The highest BCUT2D eigenvalue weighted by atomic mass is 35.5. The molecule has 1 N–H and O–H groups in total. The maximum atomic E-state index is 12.4. The van der Waals surface area contributed by atoms with Gasteiger partial charge in [0.2, 0.25) is 11.8 Å². The third kappa shape index (κ3) is 4.01. The Balaban J connectivity index is 1.93. The third-order valence-electron chi connectivity index (χ3n) is 4.13. The number of halogens is 1. The second-order valence-electron chi connectivity index (χ2n) is 6.20. The molecule has 1 aromatic carbocycles. The lowest BCUT2D eigenvalue weighted by atomic mass is 9.95. The number of aryl methyl sites for hydroxylation is 1. The van der Waals surface area contributed by atoms with Crippen molar-refractivity contribution in [2.75, 3.05) is 18.4 Å². The summed E-state index contributed by atoms with van der Waals surface area (Å²) in [4.78, 5) is 26.2. The molecule has 4 nitrogen and oxygen atoms in total. The van der Waals surface area contributed by atoms with Gasteiger partial charge in [-0.25, -0.2) is 0 Å². The molecule has 0 aliphatic carbocycles. The lowest BCUT2D eigenvalue weighted by molar-refractivity contribution is -0.137. The molecular formula is C17H23ClN2O2. The maximum absolute atomic E-state index is 12.4. The van der Waals surface area contributed by atoms with E-state index in [1.807, 2.05) is 37.8 Å². The Bertz CT molecular complexity index is 564. The summed E-state index contributed by atoms with van der Waals surface area (Å²) < 4.78 is 0. The number of carbonyl (C=O) groups is 2. The van der Waals surface area contributed by atoms with Gasteiger partial charge in [-0.05, 0) is 37.5 Å². The molecule has 120 valence electrons. The van der Waals surface area contributed by atoms with Crippen LogP contribution in [-0.2, 0) is 9.59 Å². The standard InChI is InChI=1S/C17H23ClN2O2/c1-11(2)17(22)20-8-6-13(7-9-20)16(21)19-15-10-14(18)5-4-12(15)3/h4-5,10-11,13H,6-9H2,1-3H3,(H,19,21). The van der Waals surface area contributed by atoms with Gasteiger partial charge in [0.05, 0.1) is 0 Å². The number of piperidine rings is 1. The lowest BCUT2D eigenvalue weighted by Gasteiger charge is -2.32. The molecule has 0 unspecified atom stereocenters. The summed E-state index contributed by atoms with van der Waals surface area (Å²) >= 11 is 5.97. The molecule has 2 rings (SSSR count). The van der Waals surface area contributed by atoms with Gasteiger partial charge in [-0.2, -0.15) is 0 Å². The van der Waals surface area contributed by atoms with E-state index in [9.17, 15) is 9.59 Å². The van der Waals surface area contributed by atoms with Crippen LogP contribution in [0.5, 0.6) is 0 Å². The fourth-order valence-electron chi connectivity index (χ4n) is 2.69. The zero-order valence-electron chi connectivity index (χ0n) is 13.4. The van der Waals surface area contributed by atoms with Crippen molar-refractivity contribution in [1.29, 1.82) is 0 Å². The SMILES string of the molecule is Cc1ccc(Cl)cc1NC(=O)C1CCN(C(=O)C(C)C)CC1. The van der Waals surface area contributed by atoms with Crippen LogP contribution in [0, 0.1) is 18.8 Å². The molecule has 0 spiro atoms. The zero-order valence-corrected chi connectivity index (χ0v) is 14.1. The van der Waals surface area contributed by atoms with Gasteiger partial charge in [-0.3, -0.25) is 9.59 Å². The first kappa shape index (κ1) is 16.8. The van der Waals surface area contributed by atoms with Crippen molar-refractivity contribution in [1.82, 2.24) is 4.90 Å². The summed E-state index contributed by atoms with van der Waals surface area (Å²) in [6.07, 6.45) is 1.42. The minimum absolute atomic E-state index is 0.0134. The van der Waals surface area contributed by atoms with E-state index in [0.717, 1.165) is 11.3 Å². The van der Waals surface area contributed by atoms with Gasteiger partial charge in [0.25, 0.3) is 0 Å². The zero-order chi connectivity index (χ0) is 16.3. The Morgan fingerprint density at radius 2 is 1.91 bits per heavy atom. The minimum atomic E-state index is -0.0467. The normalized spacial score (nSPS) is 16.0. The first-order valence-electron chi connectivity index (χ1n) is 7.74. The predicted molar refractivity (Wildman–Crippen MR) is 89.0 cm³/mol.